The summed E-state index contributed by atoms with van der Waals surface area (Å²) < 4.78 is 6.23. The molecule has 0 aliphatic heterocycles. The maximum atomic E-state index is 5.27. The van der Waals surface area contributed by atoms with Crippen LogP contribution in [0.1, 0.15) is 11.1 Å². The zero-order valence-electron chi connectivity index (χ0n) is 10.5. The van der Waals surface area contributed by atoms with Crippen molar-refractivity contribution in [3.05, 3.63) is 58.1 Å². The van der Waals surface area contributed by atoms with Crippen LogP contribution in [0, 0.1) is 6.92 Å². The van der Waals surface area contributed by atoms with Gasteiger partial charge < -0.3 is 10.1 Å². The summed E-state index contributed by atoms with van der Waals surface area (Å²) in [6.07, 6.45) is 0. The Morgan fingerprint density at radius 3 is 2.50 bits per heavy atom. The molecule has 0 saturated heterocycles. The second-order valence-electron chi connectivity index (χ2n) is 4.19. The topological polar surface area (TPSA) is 21.3 Å². The van der Waals surface area contributed by atoms with Gasteiger partial charge in [0.25, 0.3) is 0 Å². The molecule has 18 heavy (non-hydrogen) atoms. The minimum atomic E-state index is 0.811. The Labute approximate surface area is 116 Å². The van der Waals surface area contributed by atoms with Crippen molar-refractivity contribution < 1.29 is 4.74 Å². The summed E-state index contributed by atoms with van der Waals surface area (Å²) in [7, 11) is 1.67. The van der Waals surface area contributed by atoms with Gasteiger partial charge in [-0.05, 0) is 40.5 Å². The molecule has 0 spiro atoms. The van der Waals surface area contributed by atoms with Crippen LogP contribution in [0.25, 0.3) is 0 Å². The molecule has 2 aromatic rings. The van der Waals surface area contributed by atoms with Gasteiger partial charge in [0.15, 0.2) is 0 Å². The zero-order valence-corrected chi connectivity index (χ0v) is 12.1. The molecular weight excluding hydrogens is 290 g/mol. The Morgan fingerprint density at radius 1 is 1.11 bits per heavy atom. The molecule has 1 N–H and O–H groups in total. The van der Waals surface area contributed by atoms with E-state index in [1.165, 1.54) is 11.1 Å². The number of hydrogen-bond acceptors (Lipinski definition) is 2. The molecule has 2 nitrogen and oxygen atoms in total. The van der Waals surface area contributed by atoms with E-state index in [1.807, 2.05) is 18.2 Å². The highest BCUT2D eigenvalue weighted by molar-refractivity contribution is 9.10. The van der Waals surface area contributed by atoms with Crippen molar-refractivity contribution in [2.75, 3.05) is 12.4 Å². The summed E-state index contributed by atoms with van der Waals surface area (Å²) >= 11 is 3.44. The second kappa shape index (κ2) is 5.91. The number of anilines is 1. The summed E-state index contributed by atoms with van der Waals surface area (Å²) in [5, 5.41) is 3.38. The van der Waals surface area contributed by atoms with Crippen LogP contribution in [-0.2, 0) is 6.54 Å². The Morgan fingerprint density at radius 2 is 1.83 bits per heavy atom. The first-order valence-corrected chi connectivity index (χ1v) is 6.61. The van der Waals surface area contributed by atoms with Gasteiger partial charge >= 0.3 is 0 Å². The fourth-order valence-electron chi connectivity index (χ4n) is 1.68. The van der Waals surface area contributed by atoms with Gasteiger partial charge in [0.1, 0.15) is 5.75 Å². The summed E-state index contributed by atoms with van der Waals surface area (Å²) in [5.74, 6) is 0.837. The molecule has 94 valence electrons. The molecule has 0 atom stereocenters. The molecule has 0 aromatic heterocycles. The maximum absolute atomic E-state index is 5.27. The van der Waals surface area contributed by atoms with Crippen molar-refractivity contribution in [1.29, 1.82) is 0 Å². The average molecular weight is 306 g/mol. The molecule has 2 rings (SSSR count). The van der Waals surface area contributed by atoms with E-state index in [9.17, 15) is 0 Å². The number of methoxy groups -OCH3 is 1. The lowest BCUT2D eigenvalue weighted by molar-refractivity contribution is 0.412. The molecule has 2 aromatic carbocycles. The van der Waals surface area contributed by atoms with Gasteiger partial charge in [0.05, 0.1) is 11.6 Å². The Kier molecular flexibility index (Phi) is 4.26. The molecule has 0 radical (unpaired) electrons. The molecule has 0 heterocycles. The third-order valence-corrected chi connectivity index (χ3v) is 3.42. The van der Waals surface area contributed by atoms with Gasteiger partial charge in [-0.15, -0.1) is 0 Å². The lowest BCUT2D eigenvalue weighted by atomic mass is 10.1. The molecule has 0 aliphatic carbocycles. The smallest absolute Gasteiger partial charge is 0.135 e. The van der Waals surface area contributed by atoms with Crippen LogP contribution in [0.2, 0.25) is 0 Å². The summed E-state index contributed by atoms with van der Waals surface area (Å²) in [4.78, 5) is 0. The van der Waals surface area contributed by atoms with Crippen LogP contribution in [0.3, 0.4) is 0 Å². The maximum Gasteiger partial charge on any atom is 0.135 e. The van der Waals surface area contributed by atoms with E-state index in [-0.39, 0.29) is 0 Å². The minimum absolute atomic E-state index is 0.811. The van der Waals surface area contributed by atoms with E-state index in [0.717, 1.165) is 22.5 Å². The number of ether oxygens (including phenoxy) is 1. The monoisotopic (exact) mass is 305 g/mol. The van der Waals surface area contributed by atoms with Crippen molar-refractivity contribution in [3.8, 4) is 5.75 Å². The molecule has 0 unspecified atom stereocenters. The fraction of sp³-hybridized carbons (Fsp3) is 0.200. The number of nitrogens with one attached hydrogen (secondary N) is 1. The van der Waals surface area contributed by atoms with Crippen molar-refractivity contribution in [2.24, 2.45) is 0 Å². The molecular formula is C15H16BrNO. The Bertz CT molecular complexity index is 523. The Balaban J connectivity index is 2.04. The van der Waals surface area contributed by atoms with E-state index in [4.69, 9.17) is 4.74 Å². The first-order chi connectivity index (χ1) is 8.69. The predicted molar refractivity (Wildman–Crippen MR) is 79.2 cm³/mol. The van der Waals surface area contributed by atoms with E-state index >= 15 is 0 Å². The number of aryl methyl sites for hydroxylation is 1. The fourth-order valence-corrected chi connectivity index (χ4v) is 2.09. The van der Waals surface area contributed by atoms with Crippen molar-refractivity contribution in [1.82, 2.24) is 0 Å². The van der Waals surface area contributed by atoms with Crippen molar-refractivity contribution >= 4 is 21.6 Å². The quantitative estimate of drug-likeness (QED) is 0.905. The van der Waals surface area contributed by atoms with Gasteiger partial charge in [0, 0.05) is 18.3 Å². The van der Waals surface area contributed by atoms with Gasteiger partial charge in [-0.2, -0.15) is 0 Å². The summed E-state index contributed by atoms with van der Waals surface area (Å²) in [5.41, 5.74) is 3.60. The molecule has 0 amide bonds. The minimum Gasteiger partial charge on any atom is -0.495 e. The number of halogens is 1. The standard InChI is InChI=1S/C15H16BrNO/c1-11-3-5-12(6-4-11)10-17-13-7-8-14(16)15(9-13)18-2/h3-9,17H,10H2,1-2H3. The number of hydrogen-bond donors (Lipinski definition) is 1. The summed E-state index contributed by atoms with van der Waals surface area (Å²) in [6.45, 7) is 2.90. The van der Waals surface area contributed by atoms with Gasteiger partial charge in [0.2, 0.25) is 0 Å². The lowest BCUT2D eigenvalue weighted by Gasteiger charge is -2.09. The zero-order chi connectivity index (χ0) is 13.0. The van der Waals surface area contributed by atoms with Gasteiger partial charge in [-0.3, -0.25) is 0 Å². The molecule has 0 bridgehead atoms. The second-order valence-corrected chi connectivity index (χ2v) is 5.04. The average Bonchev–Trinajstić information content (AvgIpc) is 2.39. The van der Waals surface area contributed by atoms with Crippen molar-refractivity contribution in [2.45, 2.75) is 13.5 Å². The number of benzene rings is 2. The van der Waals surface area contributed by atoms with Gasteiger partial charge in [-0.25, -0.2) is 0 Å². The molecule has 0 fully saturated rings. The van der Waals surface area contributed by atoms with Crippen LogP contribution in [0.4, 0.5) is 5.69 Å². The largest absolute Gasteiger partial charge is 0.495 e. The molecule has 3 heteroatoms. The van der Waals surface area contributed by atoms with E-state index < -0.39 is 0 Å². The first kappa shape index (κ1) is 13.0. The van der Waals surface area contributed by atoms with Gasteiger partial charge in [-0.1, -0.05) is 29.8 Å². The van der Waals surface area contributed by atoms with E-state index in [0.29, 0.717) is 0 Å². The van der Waals surface area contributed by atoms with Crippen LogP contribution in [-0.4, -0.2) is 7.11 Å². The number of rotatable bonds is 4. The van der Waals surface area contributed by atoms with E-state index in [1.54, 1.807) is 7.11 Å². The normalized spacial score (nSPS) is 10.2. The highest BCUT2D eigenvalue weighted by Gasteiger charge is 2.01. The van der Waals surface area contributed by atoms with E-state index in [2.05, 4.69) is 52.4 Å². The van der Waals surface area contributed by atoms with Crippen LogP contribution in [0.15, 0.2) is 46.9 Å². The van der Waals surface area contributed by atoms with Crippen molar-refractivity contribution in [3.63, 3.8) is 0 Å². The molecule has 0 aliphatic rings. The third kappa shape index (κ3) is 3.26. The molecule has 0 saturated carbocycles. The highest BCUT2D eigenvalue weighted by Crippen LogP contribution is 2.28. The van der Waals surface area contributed by atoms with Crippen LogP contribution >= 0.6 is 15.9 Å². The van der Waals surface area contributed by atoms with Crippen LogP contribution < -0.4 is 10.1 Å². The highest BCUT2D eigenvalue weighted by atomic mass is 79.9. The third-order valence-electron chi connectivity index (χ3n) is 2.77. The Hall–Kier alpha value is -1.48. The van der Waals surface area contributed by atoms with Crippen LogP contribution in [0.5, 0.6) is 5.75 Å². The summed E-state index contributed by atoms with van der Waals surface area (Å²) in [6, 6.07) is 14.5. The predicted octanol–water partition coefficient (Wildman–Crippen LogP) is 4.38. The first-order valence-electron chi connectivity index (χ1n) is 5.82. The SMILES string of the molecule is COc1cc(NCc2ccc(C)cc2)ccc1Br. The lowest BCUT2D eigenvalue weighted by Crippen LogP contribution is -1.99.